The number of benzene rings is 1. The lowest BCUT2D eigenvalue weighted by molar-refractivity contribution is -0.135. The maximum absolute atomic E-state index is 14.1. The van der Waals surface area contributed by atoms with Crippen LogP contribution in [-0.4, -0.2) is 57.1 Å². The van der Waals surface area contributed by atoms with Gasteiger partial charge in [0.25, 0.3) is 0 Å². The number of halogens is 1. The summed E-state index contributed by atoms with van der Waals surface area (Å²) in [5, 5.41) is 9.60. The summed E-state index contributed by atoms with van der Waals surface area (Å²) in [7, 11) is 0. The van der Waals surface area contributed by atoms with E-state index in [0.717, 1.165) is 17.0 Å². The molecular formula is C25H33FN4O3S. The minimum absolute atomic E-state index is 0.0614. The van der Waals surface area contributed by atoms with E-state index in [2.05, 4.69) is 21.7 Å². The van der Waals surface area contributed by atoms with Gasteiger partial charge in [0.1, 0.15) is 6.61 Å². The molecule has 0 radical (unpaired) electrons. The molecule has 0 N–H and O–H groups in total. The fourth-order valence-corrected chi connectivity index (χ4v) is 6.90. The lowest BCUT2D eigenvalue weighted by Crippen LogP contribution is -2.45. The summed E-state index contributed by atoms with van der Waals surface area (Å²) in [6.45, 7) is 6.18. The molecule has 0 spiro atoms. The largest absolute Gasteiger partial charge is 0.483 e. The van der Waals surface area contributed by atoms with E-state index >= 15 is 0 Å². The zero-order valence-electron chi connectivity index (χ0n) is 19.9. The van der Waals surface area contributed by atoms with Gasteiger partial charge in [-0.3, -0.25) is 9.36 Å². The van der Waals surface area contributed by atoms with Crippen molar-refractivity contribution in [2.24, 2.45) is 17.8 Å². The van der Waals surface area contributed by atoms with Gasteiger partial charge in [0, 0.05) is 19.1 Å². The summed E-state index contributed by atoms with van der Waals surface area (Å²) >= 11 is 1.43. The van der Waals surface area contributed by atoms with E-state index in [9.17, 15) is 9.18 Å². The van der Waals surface area contributed by atoms with Crippen molar-refractivity contribution in [1.29, 1.82) is 0 Å². The Morgan fingerprint density at radius 2 is 2.15 bits per heavy atom. The maximum Gasteiger partial charge on any atom is 0.233 e. The van der Waals surface area contributed by atoms with Crippen LogP contribution in [0.4, 0.5) is 4.39 Å². The highest BCUT2D eigenvalue weighted by atomic mass is 32.2. The molecule has 9 heteroatoms. The molecule has 3 fully saturated rings. The molecule has 2 aromatic rings. The number of amides is 1. The normalized spacial score (nSPS) is 27.2. The van der Waals surface area contributed by atoms with Crippen molar-refractivity contribution in [1.82, 2.24) is 19.7 Å². The minimum atomic E-state index is -0.394. The Morgan fingerprint density at radius 3 is 2.88 bits per heavy atom. The molecule has 2 aliphatic carbocycles. The van der Waals surface area contributed by atoms with Gasteiger partial charge < -0.3 is 14.4 Å². The van der Waals surface area contributed by atoms with E-state index in [1.165, 1.54) is 43.5 Å². The van der Waals surface area contributed by atoms with Gasteiger partial charge in [-0.1, -0.05) is 30.3 Å². The molecule has 1 aliphatic heterocycles. The van der Waals surface area contributed by atoms with Gasteiger partial charge in [0.15, 0.2) is 22.5 Å². The monoisotopic (exact) mass is 488 g/mol. The van der Waals surface area contributed by atoms with Crippen LogP contribution in [0.1, 0.15) is 51.4 Å². The molecule has 2 heterocycles. The second kappa shape index (κ2) is 10.2. The number of fused-ring (bicyclic) bond motifs is 2. The highest BCUT2D eigenvalue weighted by Gasteiger charge is 2.43. The summed E-state index contributed by atoms with van der Waals surface area (Å²) < 4.78 is 27.6. The molecule has 1 aromatic carbocycles. The highest BCUT2D eigenvalue weighted by Crippen LogP contribution is 2.52. The second-order valence-electron chi connectivity index (χ2n) is 9.88. The zero-order valence-corrected chi connectivity index (χ0v) is 20.7. The van der Waals surface area contributed by atoms with Gasteiger partial charge in [-0.05, 0) is 63.0 Å². The van der Waals surface area contributed by atoms with Crippen LogP contribution in [0.15, 0.2) is 29.4 Å². The molecule has 5 rings (SSSR count). The van der Waals surface area contributed by atoms with Crippen molar-refractivity contribution < 1.29 is 18.7 Å². The first-order valence-corrected chi connectivity index (χ1v) is 13.3. The Labute approximate surface area is 204 Å². The van der Waals surface area contributed by atoms with E-state index in [1.54, 1.807) is 18.2 Å². The molecule has 1 aromatic heterocycles. The van der Waals surface area contributed by atoms with Crippen molar-refractivity contribution in [3.63, 3.8) is 0 Å². The van der Waals surface area contributed by atoms with Gasteiger partial charge in [0.05, 0.1) is 18.5 Å². The number of aromatic nitrogens is 3. The van der Waals surface area contributed by atoms with E-state index < -0.39 is 5.82 Å². The minimum Gasteiger partial charge on any atom is -0.483 e. The van der Waals surface area contributed by atoms with Crippen molar-refractivity contribution in [3.8, 4) is 5.75 Å². The zero-order chi connectivity index (χ0) is 23.7. The molecule has 3 aliphatic rings. The average molecular weight is 489 g/mol. The van der Waals surface area contributed by atoms with Crippen LogP contribution < -0.4 is 4.74 Å². The predicted octanol–water partition coefficient (Wildman–Crippen LogP) is 4.33. The van der Waals surface area contributed by atoms with Crippen molar-refractivity contribution >= 4 is 17.7 Å². The number of hydrogen-bond acceptors (Lipinski definition) is 6. The molecule has 7 nitrogen and oxygen atoms in total. The second-order valence-corrected chi connectivity index (χ2v) is 10.8. The topological polar surface area (TPSA) is 69.5 Å². The number of ether oxygens (including phenoxy) is 2. The molecule has 34 heavy (non-hydrogen) atoms. The van der Waals surface area contributed by atoms with Gasteiger partial charge in [-0.15, -0.1) is 10.2 Å². The van der Waals surface area contributed by atoms with Crippen molar-refractivity contribution in [2.75, 3.05) is 25.4 Å². The van der Waals surface area contributed by atoms with Gasteiger partial charge >= 0.3 is 0 Å². The first kappa shape index (κ1) is 23.6. The Morgan fingerprint density at radius 1 is 1.29 bits per heavy atom. The standard InChI is InChI=1S/C25H33FN4O3S/c1-16-13-29(9-10-32-16)24(31)15-34-25-28-27-23(14-33-22-6-4-3-5-21(22)26)30(25)17(2)20-12-18-7-8-19(20)11-18/h3-6,16-20H,7-15H2,1-2H3. The Balaban J connectivity index is 1.33. The predicted molar refractivity (Wildman–Crippen MR) is 127 cm³/mol. The molecular weight excluding hydrogens is 455 g/mol. The van der Waals surface area contributed by atoms with E-state index in [4.69, 9.17) is 9.47 Å². The summed E-state index contributed by atoms with van der Waals surface area (Å²) in [6, 6.07) is 6.60. The van der Waals surface area contributed by atoms with Crippen LogP contribution in [0.25, 0.3) is 0 Å². The average Bonchev–Trinajstić information content (AvgIpc) is 3.57. The quantitative estimate of drug-likeness (QED) is 0.515. The number of rotatable bonds is 8. The summed E-state index contributed by atoms with van der Waals surface area (Å²) in [5.74, 6) is 3.01. The molecule has 1 saturated heterocycles. The van der Waals surface area contributed by atoms with Crippen LogP contribution >= 0.6 is 11.8 Å². The summed E-state index contributed by atoms with van der Waals surface area (Å²) in [5.41, 5.74) is 0. The van der Waals surface area contributed by atoms with Gasteiger partial charge in [-0.25, -0.2) is 4.39 Å². The lowest BCUT2D eigenvalue weighted by atomic mass is 9.84. The van der Waals surface area contributed by atoms with E-state index in [-0.39, 0.29) is 30.4 Å². The van der Waals surface area contributed by atoms with Gasteiger partial charge in [-0.2, -0.15) is 0 Å². The number of hydrogen-bond donors (Lipinski definition) is 0. The molecule has 2 bridgehead atoms. The van der Waals surface area contributed by atoms with E-state index in [1.807, 2.05) is 11.8 Å². The molecule has 184 valence electrons. The number of carbonyl (C=O) groups is 1. The van der Waals surface area contributed by atoms with Crippen LogP contribution in [0.3, 0.4) is 0 Å². The van der Waals surface area contributed by atoms with Gasteiger partial charge in [0.2, 0.25) is 5.91 Å². The number of nitrogens with zero attached hydrogens (tertiary/aromatic N) is 4. The number of para-hydroxylation sites is 1. The molecule has 2 saturated carbocycles. The van der Waals surface area contributed by atoms with Crippen LogP contribution in [0.5, 0.6) is 5.75 Å². The van der Waals surface area contributed by atoms with Crippen molar-refractivity contribution in [3.05, 3.63) is 35.9 Å². The third-order valence-electron chi connectivity index (χ3n) is 7.67. The molecule has 5 atom stereocenters. The maximum atomic E-state index is 14.1. The number of carbonyl (C=O) groups excluding carboxylic acids is 1. The third kappa shape index (κ3) is 4.96. The first-order chi connectivity index (χ1) is 16.5. The summed E-state index contributed by atoms with van der Waals surface area (Å²) in [6.07, 6.45) is 5.24. The molecule has 1 amide bonds. The van der Waals surface area contributed by atoms with Crippen molar-refractivity contribution in [2.45, 2.75) is 63.4 Å². The van der Waals surface area contributed by atoms with Crippen LogP contribution in [0.2, 0.25) is 0 Å². The fraction of sp³-hybridized carbons (Fsp3) is 0.640. The Kier molecular flexibility index (Phi) is 7.11. The highest BCUT2D eigenvalue weighted by molar-refractivity contribution is 7.99. The molecule has 5 unspecified atom stereocenters. The van der Waals surface area contributed by atoms with E-state index in [0.29, 0.717) is 37.2 Å². The van der Waals surface area contributed by atoms with Crippen LogP contribution in [0, 0.1) is 23.6 Å². The smallest absolute Gasteiger partial charge is 0.233 e. The first-order valence-electron chi connectivity index (χ1n) is 12.3. The Bertz CT molecular complexity index is 1020. The fourth-order valence-electron chi connectivity index (χ4n) is 5.96. The van der Waals surface area contributed by atoms with Crippen LogP contribution in [-0.2, 0) is 16.1 Å². The number of thioether (sulfide) groups is 1. The number of morpholine rings is 1. The summed E-state index contributed by atoms with van der Waals surface area (Å²) in [4.78, 5) is 14.7. The SMILES string of the molecule is CC1CN(C(=O)CSc2nnc(COc3ccccc3F)n2C(C)C2CC3CCC2C3)CCO1. The lowest BCUT2D eigenvalue weighted by Gasteiger charge is -2.31. The Hall–Kier alpha value is -2.13. The third-order valence-corrected chi connectivity index (χ3v) is 8.59.